The molecule has 1 saturated carbocycles. The zero-order valence-corrected chi connectivity index (χ0v) is 16.7. The number of methoxy groups -OCH3 is 1. The van der Waals surface area contributed by atoms with Gasteiger partial charge >= 0.3 is 0 Å². The number of hydrogen-bond acceptors (Lipinski definition) is 3. The minimum atomic E-state index is -0.0660. The minimum Gasteiger partial charge on any atom is -0.497 e. The number of ether oxygens (including phenoxy) is 1. The highest BCUT2D eigenvalue weighted by Crippen LogP contribution is 2.41. The summed E-state index contributed by atoms with van der Waals surface area (Å²) >= 11 is 0. The molecular weight excluding hydrogens is 350 g/mol. The molecule has 0 aromatic heterocycles. The monoisotopic (exact) mass is 379 g/mol. The van der Waals surface area contributed by atoms with E-state index < -0.39 is 0 Å². The van der Waals surface area contributed by atoms with Crippen LogP contribution in [-0.2, 0) is 11.2 Å². The number of carbonyl (C=O) groups is 2. The third-order valence-corrected chi connectivity index (χ3v) is 5.28. The summed E-state index contributed by atoms with van der Waals surface area (Å²) in [5, 5.41) is 3.13. The van der Waals surface area contributed by atoms with Crippen LogP contribution in [0.1, 0.15) is 66.6 Å². The number of Topliss-reactive ketones (excluding diaryl/α,β-unsaturated/α-hetero) is 1. The van der Waals surface area contributed by atoms with Crippen molar-refractivity contribution in [2.24, 2.45) is 5.92 Å². The molecule has 0 radical (unpaired) electrons. The van der Waals surface area contributed by atoms with Crippen molar-refractivity contribution in [1.29, 1.82) is 0 Å². The first-order valence-electron chi connectivity index (χ1n) is 10.2. The van der Waals surface area contributed by atoms with Gasteiger partial charge in [0.05, 0.1) is 13.2 Å². The molecule has 28 heavy (non-hydrogen) atoms. The number of benzene rings is 2. The molecule has 1 N–H and O–H groups in total. The Morgan fingerprint density at radius 2 is 1.71 bits per heavy atom. The SMILES string of the molecule is CCCc1ccc(C(=O)CCC(=O)NC(c2ccc(OC)cc2)C2CC2)cc1. The van der Waals surface area contributed by atoms with E-state index in [1.165, 1.54) is 5.56 Å². The minimum absolute atomic E-state index is 0.0156. The van der Waals surface area contributed by atoms with Gasteiger partial charge in [0.2, 0.25) is 5.91 Å². The Kier molecular flexibility index (Phi) is 6.85. The van der Waals surface area contributed by atoms with Crippen LogP contribution >= 0.6 is 0 Å². The van der Waals surface area contributed by atoms with Gasteiger partial charge in [-0.25, -0.2) is 0 Å². The van der Waals surface area contributed by atoms with Gasteiger partial charge in [-0.05, 0) is 48.4 Å². The number of rotatable bonds is 10. The van der Waals surface area contributed by atoms with Gasteiger partial charge in [-0.2, -0.15) is 0 Å². The predicted molar refractivity (Wildman–Crippen MR) is 111 cm³/mol. The summed E-state index contributed by atoms with van der Waals surface area (Å²) in [7, 11) is 1.64. The summed E-state index contributed by atoms with van der Waals surface area (Å²) in [5.74, 6) is 1.24. The summed E-state index contributed by atoms with van der Waals surface area (Å²) in [5.41, 5.74) is 3.01. The first-order valence-corrected chi connectivity index (χ1v) is 10.2. The maximum Gasteiger partial charge on any atom is 0.220 e. The number of hydrogen-bond donors (Lipinski definition) is 1. The predicted octanol–water partition coefficient (Wildman–Crippen LogP) is 4.88. The van der Waals surface area contributed by atoms with Crippen molar-refractivity contribution in [3.8, 4) is 5.75 Å². The van der Waals surface area contributed by atoms with E-state index in [0.717, 1.165) is 37.0 Å². The molecule has 2 aromatic rings. The zero-order valence-electron chi connectivity index (χ0n) is 16.7. The van der Waals surface area contributed by atoms with Gasteiger partial charge in [-0.15, -0.1) is 0 Å². The topological polar surface area (TPSA) is 55.4 Å². The van der Waals surface area contributed by atoms with Crippen molar-refractivity contribution in [3.63, 3.8) is 0 Å². The van der Waals surface area contributed by atoms with Gasteiger partial charge in [0.1, 0.15) is 5.75 Å². The summed E-state index contributed by atoms with van der Waals surface area (Å²) in [6.07, 6.45) is 4.81. The van der Waals surface area contributed by atoms with Gasteiger partial charge in [0.25, 0.3) is 0 Å². The number of nitrogens with one attached hydrogen (secondary N) is 1. The highest BCUT2D eigenvalue weighted by Gasteiger charge is 2.33. The fourth-order valence-electron chi connectivity index (χ4n) is 3.48. The van der Waals surface area contributed by atoms with Crippen LogP contribution in [0.4, 0.5) is 0 Å². The van der Waals surface area contributed by atoms with Crippen molar-refractivity contribution in [2.45, 2.75) is 51.5 Å². The van der Waals surface area contributed by atoms with Gasteiger partial charge < -0.3 is 10.1 Å². The van der Waals surface area contributed by atoms with Crippen molar-refractivity contribution in [1.82, 2.24) is 5.32 Å². The maximum absolute atomic E-state index is 12.5. The van der Waals surface area contributed by atoms with E-state index in [1.807, 2.05) is 48.5 Å². The average molecular weight is 380 g/mol. The van der Waals surface area contributed by atoms with Gasteiger partial charge in [-0.1, -0.05) is 49.7 Å². The quantitative estimate of drug-likeness (QED) is 0.599. The Bertz CT molecular complexity index is 792. The molecule has 148 valence electrons. The fraction of sp³-hybridized carbons (Fsp3) is 0.417. The first kappa shape index (κ1) is 20.1. The second kappa shape index (κ2) is 9.54. The molecule has 4 heteroatoms. The highest BCUT2D eigenvalue weighted by atomic mass is 16.5. The lowest BCUT2D eigenvalue weighted by molar-refractivity contribution is -0.122. The third-order valence-electron chi connectivity index (χ3n) is 5.28. The van der Waals surface area contributed by atoms with E-state index in [2.05, 4.69) is 12.2 Å². The normalized spacial score (nSPS) is 14.4. The van der Waals surface area contributed by atoms with Crippen LogP contribution in [0.3, 0.4) is 0 Å². The van der Waals surface area contributed by atoms with E-state index in [-0.39, 0.29) is 30.6 Å². The van der Waals surface area contributed by atoms with Crippen LogP contribution < -0.4 is 10.1 Å². The lowest BCUT2D eigenvalue weighted by atomic mass is 10.0. The molecule has 0 aliphatic heterocycles. The number of aryl methyl sites for hydroxylation is 1. The van der Waals surface area contributed by atoms with Crippen LogP contribution in [0, 0.1) is 5.92 Å². The standard InChI is InChI=1S/C24H29NO3/c1-3-4-17-5-7-18(8-6-17)22(26)15-16-23(27)25-24(19-9-10-19)20-11-13-21(28-2)14-12-20/h5-8,11-14,19,24H,3-4,9-10,15-16H2,1-2H3,(H,25,27). The molecule has 0 spiro atoms. The van der Waals surface area contributed by atoms with E-state index >= 15 is 0 Å². The Labute approximate surface area is 167 Å². The number of carbonyl (C=O) groups excluding carboxylic acids is 2. The zero-order chi connectivity index (χ0) is 19.9. The molecule has 0 saturated heterocycles. The largest absolute Gasteiger partial charge is 0.497 e. The average Bonchev–Trinajstić information content (AvgIpc) is 3.56. The molecule has 1 amide bonds. The van der Waals surface area contributed by atoms with Crippen molar-refractivity contribution < 1.29 is 14.3 Å². The van der Waals surface area contributed by atoms with E-state index in [4.69, 9.17) is 4.74 Å². The molecule has 0 bridgehead atoms. The van der Waals surface area contributed by atoms with Crippen LogP contribution in [0.5, 0.6) is 5.75 Å². The Balaban J connectivity index is 1.53. The molecule has 0 heterocycles. The number of amides is 1. The van der Waals surface area contributed by atoms with Crippen LogP contribution in [0.15, 0.2) is 48.5 Å². The molecule has 1 fully saturated rings. The summed E-state index contributed by atoms with van der Waals surface area (Å²) in [4.78, 5) is 24.9. The van der Waals surface area contributed by atoms with Gasteiger partial charge in [0.15, 0.2) is 5.78 Å². The van der Waals surface area contributed by atoms with Gasteiger partial charge in [0, 0.05) is 18.4 Å². The third kappa shape index (κ3) is 5.44. The van der Waals surface area contributed by atoms with E-state index in [9.17, 15) is 9.59 Å². The van der Waals surface area contributed by atoms with Crippen molar-refractivity contribution >= 4 is 11.7 Å². The molecule has 4 nitrogen and oxygen atoms in total. The van der Waals surface area contributed by atoms with E-state index in [1.54, 1.807) is 7.11 Å². The molecule has 2 aromatic carbocycles. The first-order chi connectivity index (χ1) is 13.6. The van der Waals surface area contributed by atoms with Crippen LogP contribution in [0.25, 0.3) is 0 Å². The molecule has 1 aliphatic carbocycles. The summed E-state index contributed by atoms with van der Waals surface area (Å²) in [6.45, 7) is 2.14. The Hall–Kier alpha value is -2.62. The summed E-state index contributed by atoms with van der Waals surface area (Å²) in [6, 6.07) is 15.6. The Morgan fingerprint density at radius 1 is 1.04 bits per heavy atom. The van der Waals surface area contributed by atoms with Crippen LogP contribution in [-0.4, -0.2) is 18.8 Å². The molecule has 3 rings (SSSR count). The molecule has 1 atom stereocenters. The lowest BCUT2D eigenvalue weighted by Crippen LogP contribution is -2.30. The molecule has 1 aliphatic rings. The smallest absolute Gasteiger partial charge is 0.220 e. The van der Waals surface area contributed by atoms with Gasteiger partial charge in [-0.3, -0.25) is 9.59 Å². The second-order valence-corrected chi connectivity index (χ2v) is 7.53. The van der Waals surface area contributed by atoms with Crippen LogP contribution in [0.2, 0.25) is 0 Å². The molecule has 1 unspecified atom stereocenters. The highest BCUT2D eigenvalue weighted by molar-refractivity contribution is 5.98. The maximum atomic E-state index is 12.5. The van der Waals surface area contributed by atoms with E-state index in [0.29, 0.717) is 11.5 Å². The van der Waals surface area contributed by atoms with Crippen molar-refractivity contribution in [2.75, 3.05) is 7.11 Å². The Morgan fingerprint density at radius 3 is 2.29 bits per heavy atom. The van der Waals surface area contributed by atoms with Crippen molar-refractivity contribution in [3.05, 3.63) is 65.2 Å². The fourth-order valence-corrected chi connectivity index (χ4v) is 3.48. The second-order valence-electron chi connectivity index (χ2n) is 7.53. The summed E-state index contributed by atoms with van der Waals surface area (Å²) < 4.78 is 5.21. The number of ketones is 1. The molecular formula is C24H29NO3. The lowest BCUT2D eigenvalue weighted by Gasteiger charge is -2.19.